The van der Waals surface area contributed by atoms with Gasteiger partial charge in [0.1, 0.15) is 0 Å². The van der Waals surface area contributed by atoms with E-state index in [9.17, 15) is 4.79 Å². The summed E-state index contributed by atoms with van der Waals surface area (Å²) >= 11 is 0. The number of guanidine groups is 1. The highest BCUT2D eigenvalue weighted by Gasteiger charge is 2.17. The lowest BCUT2D eigenvalue weighted by molar-refractivity contribution is -0.115. The molecule has 1 heterocycles. The van der Waals surface area contributed by atoms with Gasteiger partial charge in [0.2, 0.25) is 5.91 Å². The molecule has 1 aliphatic heterocycles. The molecular formula is C24H26N4O. The molecule has 3 rings (SSSR count). The van der Waals surface area contributed by atoms with Crippen LogP contribution in [0, 0.1) is 12.3 Å². The van der Waals surface area contributed by atoms with Crippen molar-refractivity contribution < 1.29 is 4.79 Å². The summed E-state index contributed by atoms with van der Waals surface area (Å²) in [5.74, 6) is 3.17. The zero-order valence-corrected chi connectivity index (χ0v) is 16.7. The number of piperidine rings is 1. The number of likely N-dealkylation sites (tertiary alicyclic amines) is 1. The van der Waals surface area contributed by atoms with E-state index in [1.165, 1.54) is 11.1 Å². The molecule has 0 bridgehead atoms. The van der Waals surface area contributed by atoms with Crippen molar-refractivity contribution in [3.05, 3.63) is 71.3 Å². The lowest BCUT2D eigenvalue weighted by atomic mass is 10.0. The van der Waals surface area contributed by atoms with Gasteiger partial charge >= 0.3 is 0 Å². The van der Waals surface area contributed by atoms with Crippen LogP contribution < -0.4 is 10.6 Å². The third-order valence-electron chi connectivity index (χ3n) is 4.81. The Balaban J connectivity index is 1.49. The summed E-state index contributed by atoms with van der Waals surface area (Å²) in [7, 11) is 1.74. The molecule has 0 aliphatic carbocycles. The molecule has 5 nitrogen and oxygen atoms in total. The first-order valence-corrected chi connectivity index (χ1v) is 9.74. The minimum atomic E-state index is -0.137. The van der Waals surface area contributed by atoms with E-state index in [4.69, 9.17) is 6.42 Å². The normalized spacial score (nSPS) is 14.1. The van der Waals surface area contributed by atoms with Gasteiger partial charge in [-0.2, -0.15) is 0 Å². The SMILES string of the molecule is C#Cc1cccc(NC(=O)CNC(=NC)N2CCC(=Cc3ccccc3)CC2)c1. The van der Waals surface area contributed by atoms with Crippen LogP contribution in [0.1, 0.15) is 24.0 Å². The number of benzene rings is 2. The third-order valence-corrected chi connectivity index (χ3v) is 4.81. The van der Waals surface area contributed by atoms with Gasteiger partial charge in [-0.1, -0.05) is 54.0 Å². The summed E-state index contributed by atoms with van der Waals surface area (Å²) in [5, 5.41) is 6.01. The second-order valence-corrected chi connectivity index (χ2v) is 6.87. The van der Waals surface area contributed by atoms with Crippen LogP contribution in [0.5, 0.6) is 0 Å². The number of amides is 1. The first-order chi connectivity index (χ1) is 14.2. The van der Waals surface area contributed by atoms with E-state index in [-0.39, 0.29) is 12.5 Å². The Labute approximate surface area is 172 Å². The van der Waals surface area contributed by atoms with Crippen molar-refractivity contribution in [2.24, 2.45) is 4.99 Å². The first-order valence-electron chi connectivity index (χ1n) is 9.74. The lowest BCUT2D eigenvalue weighted by Gasteiger charge is -2.31. The Morgan fingerprint density at radius 3 is 2.62 bits per heavy atom. The van der Waals surface area contributed by atoms with Crippen LogP contribution >= 0.6 is 0 Å². The molecule has 1 fully saturated rings. The van der Waals surface area contributed by atoms with Gasteiger partial charge in [0.15, 0.2) is 5.96 Å². The summed E-state index contributed by atoms with van der Waals surface area (Å²) in [6.45, 7) is 1.91. The number of nitrogens with zero attached hydrogens (tertiary/aromatic N) is 2. The molecule has 0 spiro atoms. The number of carbonyl (C=O) groups is 1. The average molecular weight is 386 g/mol. The number of aliphatic imine (C=N–C) groups is 1. The van der Waals surface area contributed by atoms with Crippen LogP contribution in [-0.2, 0) is 4.79 Å². The number of hydrogen-bond donors (Lipinski definition) is 2. The molecule has 2 aromatic rings. The van der Waals surface area contributed by atoms with Crippen molar-refractivity contribution >= 4 is 23.6 Å². The molecule has 2 N–H and O–H groups in total. The summed E-state index contributed by atoms with van der Waals surface area (Å²) < 4.78 is 0. The quantitative estimate of drug-likeness (QED) is 0.481. The maximum Gasteiger partial charge on any atom is 0.243 e. The summed E-state index contributed by atoms with van der Waals surface area (Å²) in [4.78, 5) is 18.8. The fraction of sp³-hybridized carbons (Fsp3) is 0.250. The molecule has 0 unspecified atom stereocenters. The highest BCUT2D eigenvalue weighted by molar-refractivity contribution is 5.95. The van der Waals surface area contributed by atoms with Crippen LogP contribution in [0.2, 0.25) is 0 Å². The van der Waals surface area contributed by atoms with Crippen LogP contribution in [0.3, 0.4) is 0 Å². The molecular weight excluding hydrogens is 360 g/mol. The molecule has 0 aromatic heterocycles. The van der Waals surface area contributed by atoms with Gasteiger partial charge in [0.05, 0.1) is 6.54 Å². The maximum atomic E-state index is 12.3. The van der Waals surface area contributed by atoms with E-state index in [1.54, 1.807) is 13.1 Å². The van der Waals surface area contributed by atoms with Gasteiger partial charge < -0.3 is 15.5 Å². The van der Waals surface area contributed by atoms with Gasteiger partial charge in [0.25, 0.3) is 0 Å². The van der Waals surface area contributed by atoms with Crippen molar-refractivity contribution in [3.8, 4) is 12.3 Å². The van der Waals surface area contributed by atoms with E-state index < -0.39 is 0 Å². The molecule has 2 aromatic carbocycles. The van der Waals surface area contributed by atoms with Crippen LogP contribution in [0.15, 0.2) is 65.2 Å². The Hall–Kier alpha value is -3.52. The number of rotatable bonds is 4. The van der Waals surface area contributed by atoms with Crippen LogP contribution in [0.4, 0.5) is 5.69 Å². The first kappa shape index (κ1) is 20.2. The van der Waals surface area contributed by atoms with E-state index >= 15 is 0 Å². The zero-order chi connectivity index (χ0) is 20.5. The topological polar surface area (TPSA) is 56.7 Å². The van der Waals surface area contributed by atoms with Crippen LogP contribution in [-0.4, -0.2) is 43.4 Å². The zero-order valence-electron chi connectivity index (χ0n) is 16.7. The van der Waals surface area contributed by atoms with E-state index in [2.05, 4.69) is 56.8 Å². The molecule has 0 atom stereocenters. The van der Waals surface area contributed by atoms with Crippen molar-refractivity contribution in [1.29, 1.82) is 0 Å². The molecule has 148 valence electrons. The van der Waals surface area contributed by atoms with E-state index in [0.717, 1.165) is 37.5 Å². The molecule has 1 amide bonds. The fourth-order valence-electron chi connectivity index (χ4n) is 3.32. The van der Waals surface area contributed by atoms with E-state index in [0.29, 0.717) is 5.69 Å². The van der Waals surface area contributed by atoms with Gasteiger partial charge in [-0.05, 0) is 36.6 Å². The minimum Gasteiger partial charge on any atom is -0.347 e. The smallest absolute Gasteiger partial charge is 0.243 e. The van der Waals surface area contributed by atoms with Crippen molar-refractivity contribution in [2.75, 3.05) is 32.0 Å². The summed E-state index contributed by atoms with van der Waals surface area (Å²) in [5.41, 5.74) is 4.10. The Morgan fingerprint density at radius 1 is 1.17 bits per heavy atom. The number of anilines is 1. The van der Waals surface area contributed by atoms with Gasteiger partial charge in [-0.15, -0.1) is 6.42 Å². The molecule has 1 aliphatic rings. The number of nitrogens with one attached hydrogen (secondary N) is 2. The van der Waals surface area contributed by atoms with Crippen molar-refractivity contribution in [3.63, 3.8) is 0 Å². The summed E-state index contributed by atoms with van der Waals surface area (Å²) in [6, 6.07) is 17.6. The molecule has 29 heavy (non-hydrogen) atoms. The predicted octanol–water partition coefficient (Wildman–Crippen LogP) is 3.36. The number of terminal acetylenes is 1. The van der Waals surface area contributed by atoms with Crippen LogP contribution in [0.25, 0.3) is 6.08 Å². The Kier molecular flexibility index (Phi) is 7.07. The van der Waals surface area contributed by atoms with E-state index in [1.807, 2.05) is 24.3 Å². The highest BCUT2D eigenvalue weighted by atomic mass is 16.1. The summed E-state index contributed by atoms with van der Waals surface area (Å²) in [6.07, 6.45) is 9.64. The molecule has 5 heteroatoms. The number of carbonyl (C=O) groups excluding carboxylic acids is 1. The maximum absolute atomic E-state index is 12.3. The third kappa shape index (κ3) is 5.98. The van der Waals surface area contributed by atoms with Crippen molar-refractivity contribution in [1.82, 2.24) is 10.2 Å². The Morgan fingerprint density at radius 2 is 1.93 bits per heavy atom. The highest BCUT2D eigenvalue weighted by Crippen LogP contribution is 2.19. The molecule has 0 saturated carbocycles. The van der Waals surface area contributed by atoms with Crippen molar-refractivity contribution in [2.45, 2.75) is 12.8 Å². The second kappa shape index (κ2) is 10.1. The predicted molar refractivity (Wildman–Crippen MR) is 120 cm³/mol. The van der Waals surface area contributed by atoms with Gasteiger partial charge in [-0.3, -0.25) is 9.79 Å². The van der Waals surface area contributed by atoms with Gasteiger partial charge in [0, 0.05) is 31.4 Å². The monoisotopic (exact) mass is 386 g/mol. The minimum absolute atomic E-state index is 0.137. The van der Waals surface area contributed by atoms with Gasteiger partial charge in [-0.25, -0.2) is 0 Å². The molecule has 0 radical (unpaired) electrons. The second-order valence-electron chi connectivity index (χ2n) is 6.87. The average Bonchev–Trinajstić information content (AvgIpc) is 2.76. The Bertz CT molecular complexity index is 931. The lowest BCUT2D eigenvalue weighted by Crippen LogP contribution is -2.46. The standard InChI is InChI=1S/C24H26N4O/c1-3-19-10-7-11-22(17-19)27-23(29)18-26-24(25-2)28-14-12-21(13-15-28)16-20-8-5-4-6-9-20/h1,4-11,16-17H,12-15,18H2,2H3,(H,25,26)(H,27,29). The molecule has 1 saturated heterocycles. The fourth-order valence-corrected chi connectivity index (χ4v) is 3.32. The number of hydrogen-bond acceptors (Lipinski definition) is 2. The largest absolute Gasteiger partial charge is 0.347 e.